The number of carbonyl (C=O) groups excluding carboxylic acids is 1. The molecule has 1 amide bonds. The number of nitrogens with zero attached hydrogens (tertiary/aromatic N) is 3. The van der Waals surface area contributed by atoms with Crippen molar-refractivity contribution < 1.29 is 14.3 Å². The van der Waals surface area contributed by atoms with Crippen molar-refractivity contribution in [3.63, 3.8) is 0 Å². The van der Waals surface area contributed by atoms with E-state index in [2.05, 4.69) is 10.2 Å². The SMILES string of the molecule is COc1cccc(C(=O)N2CCC(COc3ccc(C)nn3)C2)c1. The number of hydrogen-bond acceptors (Lipinski definition) is 5. The van der Waals surface area contributed by atoms with E-state index in [0.29, 0.717) is 36.3 Å². The van der Waals surface area contributed by atoms with E-state index >= 15 is 0 Å². The van der Waals surface area contributed by atoms with E-state index < -0.39 is 0 Å². The zero-order valence-electron chi connectivity index (χ0n) is 13.9. The molecule has 1 aromatic heterocycles. The van der Waals surface area contributed by atoms with Crippen molar-refractivity contribution in [2.75, 3.05) is 26.8 Å². The van der Waals surface area contributed by atoms with Crippen molar-refractivity contribution in [3.8, 4) is 11.6 Å². The van der Waals surface area contributed by atoms with Crippen LogP contribution >= 0.6 is 0 Å². The van der Waals surface area contributed by atoms with Gasteiger partial charge in [0.25, 0.3) is 5.91 Å². The molecule has 1 fully saturated rings. The minimum atomic E-state index is 0.0338. The van der Waals surface area contributed by atoms with Crippen molar-refractivity contribution >= 4 is 5.91 Å². The molecule has 0 aliphatic carbocycles. The van der Waals surface area contributed by atoms with Crippen LogP contribution in [0.5, 0.6) is 11.6 Å². The average Bonchev–Trinajstić information content (AvgIpc) is 3.09. The molecule has 6 nitrogen and oxygen atoms in total. The molecule has 0 saturated carbocycles. The molecule has 0 bridgehead atoms. The average molecular weight is 327 g/mol. The predicted octanol–water partition coefficient (Wildman–Crippen LogP) is 2.33. The lowest BCUT2D eigenvalue weighted by Gasteiger charge is -2.17. The molecule has 1 aliphatic rings. The van der Waals surface area contributed by atoms with Crippen molar-refractivity contribution in [1.82, 2.24) is 15.1 Å². The minimum absolute atomic E-state index is 0.0338. The second kappa shape index (κ2) is 7.29. The van der Waals surface area contributed by atoms with Crippen LogP contribution in [0.25, 0.3) is 0 Å². The Hall–Kier alpha value is -2.63. The van der Waals surface area contributed by atoms with Crippen LogP contribution in [0.2, 0.25) is 0 Å². The lowest BCUT2D eigenvalue weighted by Crippen LogP contribution is -2.29. The van der Waals surface area contributed by atoms with E-state index in [1.807, 2.05) is 42.2 Å². The van der Waals surface area contributed by atoms with E-state index in [1.165, 1.54) is 0 Å². The normalized spacial score (nSPS) is 16.9. The first-order valence-corrected chi connectivity index (χ1v) is 8.02. The van der Waals surface area contributed by atoms with Gasteiger partial charge >= 0.3 is 0 Å². The lowest BCUT2D eigenvalue weighted by atomic mass is 10.1. The summed E-state index contributed by atoms with van der Waals surface area (Å²) in [5.74, 6) is 1.56. The molecule has 2 heterocycles. The van der Waals surface area contributed by atoms with Crippen LogP contribution in [0.3, 0.4) is 0 Å². The number of methoxy groups -OCH3 is 1. The van der Waals surface area contributed by atoms with Crippen LogP contribution in [0.1, 0.15) is 22.5 Å². The topological polar surface area (TPSA) is 64.5 Å². The predicted molar refractivity (Wildman–Crippen MR) is 89.3 cm³/mol. The van der Waals surface area contributed by atoms with E-state index in [1.54, 1.807) is 13.2 Å². The Bertz CT molecular complexity index is 703. The number of aryl methyl sites for hydroxylation is 1. The van der Waals surface area contributed by atoms with Crippen LogP contribution in [0.15, 0.2) is 36.4 Å². The first kappa shape index (κ1) is 16.2. The number of hydrogen-bond donors (Lipinski definition) is 0. The Labute approximate surface area is 141 Å². The summed E-state index contributed by atoms with van der Waals surface area (Å²) in [6, 6.07) is 10.9. The summed E-state index contributed by atoms with van der Waals surface area (Å²) in [5, 5.41) is 7.97. The molecule has 0 spiro atoms. The van der Waals surface area contributed by atoms with Gasteiger partial charge in [0.1, 0.15) is 5.75 Å². The smallest absolute Gasteiger partial charge is 0.253 e. The van der Waals surface area contributed by atoms with Crippen LogP contribution in [-0.2, 0) is 0 Å². The van der Waals surface area contributed by atoms with Gasteiger partial charge in [-0.25, -0.2) is 0 Å². The quantitative estimate of drug-likeness (QED) is 0.843. The highest BCUT2D eigenvalue weighted by Gasteiger charge is 2.27. The lowest BCUT2D eigenvalue weighted by molar-refractivity contribution is 0.0782. The van der Waals surface area contributed by atoms with Gasteiger partial charge in [-0.05, 0) is 37.6 Å². The number of likely N-dealkylation sites (tertiary alicyclic amines) is 1. The Morgan fingerprint density at radius 1 is 1.29 bits per heavy atom. The van der Waals surface area contributed by atoms with Gasteiger partial charge in [0.05, 0.1) is 19.4 Å². The molecule has 1 aliphatic heterocycles. The highest BCUT2D eigenvalue weighted by molar-refractivity contribution is 5.94. The van der Waals surface area contributed by atoms with Crippen LogP contribution in [-0.4, -0.2) is 47.8 Å². The standard InChI is InChI=1S/C18H21N3O3/c1-13-6-7-17(20-19-13)24-12-14-8-9-21(11-14)18(22)15-4-3-5-16(10-15)23-2/h3-7,10,14H,8-9,11-12H2,1-2H3. The number of rotatable bonds is 5. The number of aromatic nitrogens is 2. The molecule has 6 heteroatoms. The molecular formula is C18H21N3O3. The Kier molecular flexibility index (Phi) is 4.93. The van der Waals surface area contributed by atoms with Gasteiger partial charge in [0.2, 0.25) is 5.88 Å². The van der Waals surface area contributed by atoms with Crippen molar-refractivity contribution in [2.45, 2.75) is 13.3 Å². The van der Waals surface area contributed by atoms with E-state index in [0.717, 1.165) is 18.7 Å². The fourth-order valence-electron chi connectivity index (χ4n) is 2.76. The number of ether oxygens (including phenoxy) is 2. The molecule has 1 saturated heterocycles. The maximum absolute atomic E-state index is 12.6. The molecule has 1 atom stereocenters. The molecule has 24 heavy (non-hydrogen) atoms. The number of benzene rings is 1. The molecule has 2 aromatic rings. The maximum Gasteiger partial charge on any atom is 0.253 e. The van der Waals surface area contributed by atoms with E-state index in [-0.39, 0.29) is 5.91 Å². The number of carbonyl (C=O) groups is 1. The van der Waals surface area contributed by atoms with Gasteiger partial charge in [0, 0.05) is 30.6 Å². The van der Waals surface area contributed by atoms with Gasteiger partial charge in [-0.1, -0.05) is 6.07 Å². The van der Waals surface area contributed by atoms with Crippen molar-refractivity contribution in [3.05, 3.63) is 47.7 Å². The fourth-order valence-corrected chi connectivity index (χ4v) is 2.76. The second-order valence-corrected chi connectivity index (χ2v) is 5.96. The maximum atomic E-state index is 12.6. The Morgan fingerprint density at radius 3 is 2.92 bits per heavy atom. The largest absolute Gasteiger partial charge is 0.497 e. The third-order valence-electron chi connectivity index (χ3n) is 4.13. The van der Waals surface area contributed by atoms with Gasteiger partial charge in [0.15, 0.2) is 0 Å². The summed E-state index contributed by atoms with van der Waals surface area (Å²) in [5.41, 5.74) is 1.51. The zero-order chi connectivity index (χ0) is 16.9. The second-order valence-electron chi connectivity index (χ2n) is 5.96. The van der Waals surface area contributed by atoms with Gasteiger partial charge in [-0.2, -0.15) is 5.10 Å². The third-order valence-corrected chi connectivity index (χ3v) is 4.13. The zero-order valence-corrected chi connectivity index (χ0v) is 13.9. The highest BCUT2D eigenvalue weighted by Crippen LogP contribution is 2.21. The molecule has 0 N–H and O–H groups in total. The molecule has 1 aromatic carbocycles. The van der Waals surface area contributed by atoms with Crippen molar-refractivity contribution in [2.24, 2.45) is 5.92 Å². The molecule has 0 radical (unpaired) electrons. The van der Waals surface area contributed by atoms with Crippen LogP contribution in [0, 0.1) is 12.8 Å². The summed E-state index contributed by atoms with van der Waals surface area (Å²) >= 11 is 0. The van der Waals surface area contributed by atoms with E-state index in [9.17, 15) is 4.79 Å². The summed E-state index contributed by atoms with van der Waals surface area (Å²) < 4.78 is 10.9. The van der Waals surface area contributed by atoms with Crippen LogP contribution in [0.4, 0.5) is 0 Å². The molecular weight excluding hydrogens is 306 g/mol. The molecule has 126 valence electrons. The van der Waals surface area contributed by atoms with E-state index in [4.69, 9.17) is 9.47 Å². The van der Waals surface area contributed by atoms with Crippen LogP contribution < -0.4 is 9.47 Å². The number of amides is 1. The highest BCUT2D eigenvalue weighted by atomic mass is 16.5. The molecule has 3 rings (SSSR count). The molecule has 1 unspecified atom stereocenters. The fraction of sp³-hybridized carbons (Fsp3) is 0.389. The monoisotopic (exact) mass is 327 g/mol. The Morgan fingerprint density at radius 2 is 2.17 bits per heavy atom. The summed E-state index contributed by atoms with van der Waals surface area (Å²) in [4.78, 5) is 14.4. The van der Waals surface area contributed by atoms with Gasteiger partial charge in [-0.15, -0.1) is 5.10 Å². The first-order chi connectivity index (χ1) is 11.7. The van der Waals surface area contributed by atoms with Crippen molar-refractivity contribution in [1.29, 1.82) is 0 Å². The summed E-state index contributed by atoms with van der Waals surface area (Å²) in [6.07, 6.45) is 0.926. The first-order valence-electron chi connectivity index (χ1n) is 8.02. The summed E-state index contributed by atoms with van der Waals surface area (Å²) in [6.45, 7) is 3.86. The van der Waals surface area contributed by atoms with Gasteiger partial charge < -0.3 is 14.4 Å². The third kappa shape index (κ3) is 3.82. The Balaban J connectivity index is 1.54. The summed E-state index contributed by atoms with van der Waals surface area (Å²) in [7, 11) is 1.60. The van der Waals surface area contributed by atoms with Gasteiger partial charge in [-0.3, -0.25) is 4.79 Å². The minimum Gasteiger partial charge on any atom is -0.497 e.